The summed E-state index contributed by atoms with van der Waals surface area (Å²) in [5.74, 6) is 1.10. The summed E-state index contributed by atoms with van der Waals surface area (Å²) in [4.78, 5) is 25.0. The van der Waals surface area contributed by atoms with E-state index in [1.807, 2.05) is 35.0 Å². The van der Waals surface area contributed by atoms with Gasteiger partial charge in [0.2, 0.25) is 0 Å². The summed E-state index contributed by atoms with van der Waals surface area (Å²) in [6, 6.07) is 7.77. The van der Waals surface area contributed by atoms with Crippen LogP contribution in [-0.2, 0) is 20.1 Å². The van der Waals surface area contributed by atoms with Gasteiger partial charge in [-0.3, -0.25) is 13.9 Å². The first-order valence-corrected chi connectivity index (χ1v) is 8.33. The Morgan fingerprint density at radius 1 is 1.12 bits per heavy atom. The minimum absolute atomic E-state index is 0.265. The number of hydrogen-bond donors (Lipinski definition) is 0. The van der Waals surface area contributed by atoms with Crippen LogP contribution in [-0.4, -0.2) is 20.8 Å². The number of nitrogens with zero attached hydrogens (tertiary/aromatic N) is 3. The lowest BCUT2D eigenvalue weighted by Gasteiger charge is -2.11. The van der Waals surface area contributed by atoms with Crippen molar-refractivity contribution in [3.8, 4) is 5.75 Å². The van der Waals surface area contributed by atoms with Crippen molar-refractivity contribution >= 4 is 10.9 Å². The van der Waals surface area contributed by atoms with Gasteiger partial charge in [-0.25, -0.2) is 4.79 Å². The van der Waals surface area contributed by atoms with Gasteiger partial charge in [-0.05, 0) is 12.0 Å². The van der Waals surface area contributed by atoms with Crippen molar-refractivity contribution in [2.75, 3.05) is 7.11 Å². The monoisotopic (exact) mass is 341 g/mol. The zero-order valence-corrected chi connectivity index (χ0v) is 15.0. The van der Waals surface area contributed by atoms with Crippen LogP contribution in [0, 0.1) is 5.92 Å². The Morgan fingerprint density at radius 2 is 1.84 bits per heavy atom. The second kappa shape index (κ2) is 6.63. The van der Waals surface area contributed by atoms with Gasteiger partial charge in [-0.1, -0.05) is 32.0 Å². The lowest BCUT2D eigenvalue weighted by Crippen LogP contribution is -2.38. The molecule has 25 heavy (non-hydrogen) atoms. The van der Waals surface area contributed by atoms with Gasteiger partial charge >= 0.3 is 5.69 Å². The molecule has 0 unspecified atom stereocenters. The number of benzene rings is 1. The molecule has 1 aromatic carbocycles. The maximum atomic E-state index is 12.5. The van der Waals surface area contributed by atoms with Gasteiger partial charge in [0, 0.05) is 31.5 Å². The standard InChI is InChI=1S/C19H23N3O3/c1-13(2)9-22-16-12-21(10-14-7-5-6-8-17(14)25-4)11-15(16)18(23)20(3)19(22)24/h5-8,11-13H,9-10H2,1-4H3. The molecule has 6 heteroatoms. The second-order valence-electron chi connectivity index (χ2n) is 6.69. The Hall–Kier alpha value is -2.76. The minimum atomic E-state index is -0.277. The summed E-state index contributed by atoms with van der Waals surface area (Å²) in [7, 11) is 3.17. The van der Waals surface area contributed by atoms with E-state index in [-0.39, 0.29) is 11.2 Å². The van der Waals surface area contributed by atoms with Gasteiger partial charge in [-0.2, -0.15) is 0 Å². The van der Waals surface area contributed by atoms with Crippen molar-refractivity contribution in [2.45, 2.75) is 26.9 Å². The number of para-hydroxylation sites is 1. The molecule has 6 nitrogen and oxygen atoms in total. The maximum Gasteiger partial charge on any atom is 0.331 e. The molecule has 0 saturated heterocycles. The van der Waals surface area contributed by atoms with Crippen molar-refractivity contribution in [1.29, 1.82) is 0 Å². The molecule has 0 radical (unpaired) electrons. The van der Waals surface area contributed by atoms with Crippen LogP contribution in [0.15, 0.2) is 46.2 Å². The molecule has 132 valence electrons. The third kappa shape index (κ3) is 3.12. The first-order chi connectivity index (χ1) is 11.9. The van der Waals surface area contributed by atoms with Gasteiger partial charge in [0.25, 0.3) is 5.56 Å². The fourth-order valence-corrected chi connectivity index (χ4v) is 3.09. The number of methoxy groups -OCH3 is 1. The van der Waals surface area contributed by atoms with Crippen LogP contribution in [0.3, 0.4) is 0 Å². The van der Waals surface area contributed by atoms with Crippen LogP contribution in [0.25, 0.3) is 10.9 Å². The summed E-state index contributed by atoms with van der Waals surface area (Å²) in [6.45, 7) is 5.24. The molecule has 0 aliphatic heterocycles. The third-order valence-corrected chi connectivity index (χ3v) is 4.30. The topological polar surface area (TPSA) is 58.2 Å². The van der Waals surface area contributed by atoms with Crippen LogP contribution in [0.2, 0.25) is 0 Å². The Balaban J connectivity index is 2.15. The van der Waals surface area contributed by atoms with E-state index in [2.05, 4.69) is 13.8 Å². The van der Waals surface area contributed by atoms with E-state index in [1.54, 1.807) is 17.9 Å². The van der Waals surface area contributed by atoms with Crippen molar-refractivity contribution < 1.29 is 4.74 Å². The average molecular weight is 341 g/mol. The average Bonchev–Trinajstić information content (AvgIpc) is 3.01. The molecule has 0 saturated carbocycles. The largest absolute Gasteiger partial charge is 0.496 e. The van der Waals surface area contributed by atoms with E-state index >= 15 is 0 Å². The third-order valence-electron chi connectivity index (χ3n) is 4.30. The van der Waals surface area contributed by atoms with Crippen LogP contribution in [0.5, 0.6) is 5.75 Å². The van der Waals surface area contributed by atoms with Crippen molar-refractivity contribution in [1.82, 2.24) is 13.7 Å². The predicted octanol–water partition coefficient (Wildman–Crippen LogP) is 2.21. The predicted molar refractivity (Wildman–Crippen MR) is 98.4 cm³/mol. The van der Waals surface area contributed by atoms with Crippen molar-refractivity contribution in [3.63, 3.8) is 0 Å². The van der Waals surface area contributed by atoms with E-state index in [1.165, 1.54) is 11.6 Å². The first-order valence-electron chi connectivity index (χ1n) is 8.33. The zero-order valence-electron chi connectivity index (χ0n) is 15.0. The summed E-state index contributed by atoms with van der Waals surface area (Å²) < 4.78 is 10.2. The highest BCUT2D eigenvalue weighted by Gasteiger charge is 2.14. The molecule has 0 spiro atoms. The Morgan fingerprint density at radius 3 is 2.52 bits per heavy atom. The van der Waals surface area contributed by atoms with Gasteiger partial charge in [0.15, 0.2) is 0 Å². The Kier molecular flexibility index (Phi) is 4.53. The highest BCUT2D eigenvalue weighted by molar-refractivity contribution is 5.77. The fraction of sp³-hybridized carbons (Fsp3) is 0.368. The maximum absolute atomic E-state index is 12.5. The first kappa shape index (κ1) is 17.1. The molecule has 3 aromatic rings. The minimum Gasteiger partial charge on any atom is -0.496 e. The molecule has 0 amide bonds. The van der Waals surface area contributed by atoms with Gasteiger partial charge in [0.05, 0.1) is 24.6 Å². The molecular weight excluding hydrogens is 318 g/mol. The summed E-state index contributed by atoms with van der Waals surface area (Å²) in [6.07, 6.45) is 3.67. The van der Waals surface area contributed by atoms with Gasteiger partial charge in [0.1, 0.15) is 5.75 Å². The number of ether oxygens (including phenoxy) is 1. The molecular formula is C19H23N3O3. The molecule has 0 aliphatic carbocycles. The van der Waals surface area contributed by atoms with E-state index in [9.17, 15) is 9.59 Å². The van der Waals surface area contributed by atoms with Crippen LogP contribution in [0.1, 0.15) is 19.4 Å². The molecule has 3 rings (SSSR count). The zero-order chi connectivity index (χ0) is 18.1. The molecule has 0 atom stereocenters. The summed E-state index contributed by atoms with van der Waals surface area (Å²) >= 11 is 0. The van der Waals surface area contributed by atoms with Crippen LogP contribution >= 0.6 is 0 Å². The molecule has 0 bridgehead atoms. The fourth-order valence-electron chi connectivity index (χ4n) is 3.09. The summed E-state index contributed by atoms with van der Waals surface area (Å²) in [5, 5.41) is 0.553. The van der Waals surface area contributed by atoms with E-state index in [0.29, 0.717) is 29.9 Å². The van der Waals surface area contributed by atoms with Crippen LogP contribution in [0.4, 0.5) is 0 Å². The number of rotatable bonds is 5. The molecule has 2 heterocycles. The van der Waals surface area contributed by atoms with Crippen LogP contribution < -0.4 is 16.0 Å². The Bertz CT molecular complexity index is 1020. The SMILES string of the molecule is COc1ccccc1Cn1cc2c(=O)n(C)c(=O)n(CC(C)C)c2c1. The number of aromatic nitrogens is 3. The quantitative estimate of drug-likeness (QED) is 0.715. The second-order valence-corrected chi connectivity index (χ2v) is 6.69. The molecule has 2 aromatic heterocycles. The Labute approximate surface area is 145 Å². The van der Waals surface area contributed by atoms with Crippen molar-refractivity contribution in [2.24, 2.45) is 13.0 Å². The van der Waals surface area contributed by atoms with E-state index < -0.39 is 0 Å². The normalized spacial score (nSPS) is 11.4. The highest BCUT2D eigenvalue weighted by atomic mass is 16.5. The smallest absolute Gasteiger partial charge is 0.331 e. The molecule has 0 N–H and O–H groups in total. The van der Waals surface area contributed by atoms with Crippen molar-refractivity contribution in [3.05, 3.63) is 63.1 Å². The van der Waals surface area contributed by atoms with E-state index in [4.69, 9.17) is 4.74 Å². The number of hydrogen-bond acceptors (Lipinski definition) is 3. The van der Waals surface area contributed by atoms with Gasteiger partial charge in [-0.15, -0.1) is 0 Å². The lowest BCUT2D eigenvalue weighted by atomic mass is 10.2. The molecule has 0 fully saturated rings. The summed E-state index contributed by atoms with van der Waals surface area (Å²) in [5.41, 5.74) is 1.15. The lowest BCUT2D eigenvalue weighted by molar-refractivity contribution is 0.408. The number of fused-ring (bicyclic) bond motifs is 1. The highest BCUT2D eigenvalue weighted by Crippen LogP contribution is 2.20. The molecule has 0 aliphatic rings. The van der Waals surface area contributed by atoms with Gasteiger partial charge < -0.3 is 9.30 Å². The van der Waals surface area contributed by atoms with E-state index in [0.717, 1.165) is 11.3 Å².